The zero-order chi connectivity index (χ0) is 38.9. The minimum absolute atomic E-state index is 0.0161. The second-order valence-electron chi connectivity index (χ2n) is 17.0. The second-order valence-corrected chi connectivity index (χ2v) is 17.0. The highest BCUT2D eigenvalue weighted by Gasteiger charge is 2.68. The van der Waals surface area contributed by atoms with Gasteiger partial charge < -0.3 is 18.9 Å². The Morgan fingerprint density at radius 2 is 1.09 bits per heavy atom. The first-order chi connectivity index (χ1) is 26.4. The van der Waals surface area contributed by atoms with E-state index in [0.717, 1.165) is 31.3 Å². The van der Waals surface area contributed by atoms with E-state index in [9.17, 15) is 14.4 Å². The van der Waals surface area contributed by atoms with E-state index in [-0.39, 0.29) is 23.7 Å². The standard InChI is InChI=1S/C47H82O7/c1-5-8-10-12-14-16-18-20-22-24-26-28-30-32-34-39-36-40(44(49)43(39)45(50)51-4)47-38-42(48)53-41(47)37-46(54-47,52-7-3)35-33-31-29-27-25-23-21-19-17-15-13-11-9-6-2/h40-41H,5-38H2,1-4H3/t40?,41-,46-,47+/m0/s1. The van der Waals surface area contributed by atoms with E-state index in [1.165, 1.54) is 161 Å². The first-order valence-electron chi connectivity index (χ1n) is 23.2. The molecule has 0 saturated carbocycles. The highest BCUT2D eigenvalue weighted by Crippen LogP contribution is 2.56. The van der Waals surface area contributed by atoms with Crippen LogP contribution in [0.15, 0.2) is 11.1 Å². The number of unbranched alkanes of at least 4 members (excludes halogenated alkanes) is 26. The molecule has 2 heterocycles. The maximum absolute atomic E-state index is 14.1. The quantitative estimate of drug-likeness (QED) is 0.0367. The summed E-state index contributed by atoms with van der Waals surface area (Å²) in [6, 6.07) is 0. The van der Waals surface area contributed by atoms with E-state index < -0.39 is 29.4 Å². The van der Waals surface area contributed by atoms with Gasteiger partial charge in [0, 0.05) is 19.4 Å². The minimum atomic E-state index is -1.12. The molecule has 4 atom stereocenters. The van der Waals surface area contributed by atoms with E-state index in [1.807, 2.05) is 6.92 Å². The Balaban J connectivity index is 1.43. The Bertz CT molecular complexity index is 1100. The predicted octanol–water partition coefficient (Wildman–Crippen LogP) is 13.0. The molecule has 0 N–H and O–H groups in total. The second kappa shape index (κ2) is 27.0. The van der Waals surface area contributed by atoms with Crippen LogP contribution in [0, 0.1) is 5.92 Å². The van der Waals surface area contributed by atoms with Crippen LogP contribution in [0.4, 0.5) is 0 Å². The Morgan fingerprint density at radius 1 is 0.648 bits per heavy atom. The molecule has 2 aliphatic heterocycles. The van der Waals surface area contributed by atoms with Gasteiger partial charge in [-0.05, 0) is 32.6 Å². The van der Waals surface area contributed by atoms with Crippen LogP contribution in [0.1, 0.15) is 233 Å². The predicted molar refractivity (Wildman–Crippen MR) is 219 cm³/mol. The molecule has 2 saturated heterocycles. The third-order valence-corrected chi connectivity index (χ3v) is 12.6. The van der Waals surface area contributed by atoms with Gasteiger partial charge in [0.2, 0.25) is 0 Å². The van der Waals surface area contributed by atoms with Crippen LogP contribution in [0.25, 0.3) is 0 Å². The number of methoxy groups -OCH3 is 1. The molecule has 0 bridgehead atoms. The Morgan fingerprint density at radius 3 is 1.54 bits per heavy atom. The van der Waals surface area contributed by atoms with Gasteiger partial charge in [-0.1, -0.05) is 186 Å². The number of fused-ring (bicyclic) bond motifs is 1. The lowest BCUT2D eigenvalue weighted by Crippen LogP contribution is -2.48. The normalized spacial score (nSPS) is 23.8. The summed E-state index contributed by atoms with van der Waals surface area (Å²) in [6.07, 6.45) is 37.8. The van der Waals surface area contributed by atoms with Crippen molar-refractivity contribution in [2.45, 2.75) is 250 Å². The van der Waals surface area contributed by atoms with Gasteiger partial charge in [0.25, 0.3) is 0 Å². The van der Waals surface area contributed by atoms with Crippen molar-refractivity contribution < 1.29 is 33.3 Å². The number of ketones is 1. The van der Waals surface area contributed by atoms with Crippen molar-refractivity contribution in [3.05, 3.63) is 11.1 Å². The number of hydrogen-bond donors (Lipinski definition) is 0. The smallest absolute Gasteiger partial charge is 0.341 e. The lowest BCUT2D eigenvalue weighted by Gasteiger charge is -2.36. The molecule has 312 valence electrons. The molecule has 1 aliphatic carbocycles. The number of esters is 2. The van der Waals surface area contributed by atoms with E-state index in [1.54, 1.807) is 0 Å². The van der Waals surface area contributed by atoms with Gasteiger partial charge in [0.05, 0.1) is 19.4 Å². The molecule has 0 aromatic carbocycles. The van der Waals surface area contributed by atoms with Crippen molar-refractivity contribution in [3.63, 3.8) is 0 Å². The van der Waals surface area contributed by atoms with E-state index in [0.29, 0.717) is 32.3 Å². The third kappa shape index (κ3) is 15.3. The summed E-state index contributed by atoms with van der Waals surface area (Å²) in [5.41, 5.74) is -0.0857. The molecule has 0 aromatic heterocycles. The first-order valence-corrected chi connectivity index (χ1v) is 23.2. The number of carbonyl (C=O) groups excluding carboxylic acids is 3. The maximum Gasteiger partial charge on any atom is 0.341 e. The summed E-state index contributed by atoms with van der Waals surface area (Å²) < 4.78 is 24.3. The summed E-state index contributed by atoms with van der Waals surface area (Å²) in [7, 11) is 1.34. The molecule has 1 unspecified atom stereocenters. The Kier molecular flexibility index (Phi) is 23.3. The Labute approximate surface area is 331 Å². The van der Waals surface area contributed by atoms with Crippen LogP contribution in [0.3, 0.4) is 0 Å². The molecule has 54 heavy (non-hydrogen) atoms. The van der Waals surface area contributed by atoms with Crippen LogP contribution in [0.5, 0.6) is 0 Å². The zero-order valence-corrected chi connectivity index (χ0v) is 35.6. The van der Waals surface area contributed by atoms with Crippen molar-refractivity contribution in [2.75, 3.05) is 13.7 Å². The lowest BCUT2D eigenvalue weighted by atomic mass is 9.78. The van der Waals surface area contributed by atoms with E-state index in [4.69, 9.17) is 18.9 Å². The summed E-state index contributed by atoms with van der Waals surface area (Å²) in [5.74, 6) is -2.70. The van der Waals surface area contributed by atoms with Gasteiger partial charge in [-0.2, -0.15) is 0 Å². The zero-order valence-electron chi connectivity index (χ0n) is 35.6. The topological polar surface area (TPSA) is 88.1 Å². The molecule has 3 aliphatic rings. The van der Waals surface area contributed by atoms with Crippen molar-refractivity contribution in [1.82, 2.24) is 0 Å². The number of rotatable bonds is 34. The minimum Gasteiger partial charge on any atom is -0.465 e. The fraction of sp³-hybridized carbons (Fsp3) is 0.894. The van der Waals surface area contributed by atoms with E-state index in [2.05, 4.69) is 13.8 Å². The number of allylic oxidation sites excluding steroid dienone is 1. The molecule has 7 nitrogen and oxygen atoms in total. The number of carbonyl (C=O) groups is 3. The van der Waals surface area contributed by atoms with Gasteiger partial charge in [-0.25, -0.2) is 4.79 Å². The van der Waals surface area contributed by atoms with Crippen LogP contribution >= 0.6 is 0 Å². The van der Waals surface area contributed by atoms with Crippen molar-refractivity contribution in [1.29, 1.82) is 0 Å². The highest BCUT2D eigenvalue weighted by atomic mass is 16.7. The monoisotopic (exact) mass is 759 g/mol. The molecule has 3 rings (SSSR count). The fourth-order valence-corrected chi connectivity index (χ4v) is 9.50. The van der Waals surface area contributed by atoms with Crippen molar-refractivity contribution >= 4 is 17.7 Å². The van der Waals surface area contributed by atoms with Gasteiger partial charge in [0.1, 0.15) is 17.3 Å². The van der Waals surface area contributed by atoms with Crippen LogP contribution in [-0.4, -0.2) is 48.9 Å². The van der Waals surface area contributed by atoms with Crippen molar-refractivity contribution in [2.24, 2.45) is 5.92 Å². The van der Waals surface area contributed by atoms with Gasteiger partial charge in [-0.3, -0.25) is 9.59 Å². The van der Waals surface area contributed by atoms with Gasteiger partial charge >= 0.3 is 11.9 Å². The molecule has 0 aromatic rings. The molecular formula is C47H82O7. The average Bonchev–Trinajstić information content (AvgIpc) is 3.76. The summed E-state index contributed by atoms with van der Waals surface area (Å²) >= 11 is 0. The fourth-order valence-electron chi connectivity index (χ4n) is 9.50. The average molecular weight is 759 g/mol. The number of ether oxygens (including phenoxy) is 4. The SMILES string of the molecule is CCCCCCCCCCCCCCCCC1=C(C(=O)OC)C(=O)C([C@]23CC(=O)O[C@H]2C[C@@](CCCCCCCCCCCCCCCC)(OCC)O3)C1. The molecule has 7 heteroatoms. The summed E-state index contributed by atoms with van der Waals surface area (Å²) in [4.78, 5) is 39.9. The number of Topliss-reactive ketones (excluding diaryl/α,β-unsaturated/α-hetero) is 1. The number of hydrogen-bond acceptors (Lipinski definition) is 7. The lowest BCUT2D eigenvalue weighted by molar-refractivity contribution is -0.261. The van der Waals surface area contributed by atoms with Gasteiger partial charge in [-0.15, -0.1) is 0 Å². The third-order valence-electron chi connectivity index (χ3n) is 12.6. The van der Waals surface area contributed by atoms with Crippen LogP contribution in [-0.2, 0) is 33.3 Å². The molecule has 0 spiro atoms. The molecule has 2 fully saturated rings. The van der Waals surface area contributed by atoms with Crippen molar-refractivity contribution in [3.8, 4) is 0 Å². The summed E-state index contributed by atoms with van der Waals surface area (Å²) in [6.45, 7) is 6.99. The van der Waals surface area contributed by atoms with E-state index >= 15 is 0 Å². The van der Waals surface area contributed by atoms with Crippen LogP contribution < -0.4 is 0 Å². The van der Waals surface area contributed by atoms with Crippen LogP contribution in [0.2, 0.25) is 0 Å². The molecule has 0 amide bonds. The molecule has 0 radical (unpaired) electrons. The first kappa shape index (κ1) is 46.7. The molecular weight excluding hydrogens is 677 g/mol. The highest BCUT2D eigenvalue weighted by molar-refractivity contribution is 6.21. The largest absolute Gasteiger partial charge is 0.465 e. The maximum atomic E-state index is 14.1. The summed E-state index contributed by atoms with van der Waals surface area (Å²) in [5, 5.41) is 0. The van der Waals surface area contributed by atoms with Gasteiger partial charge in [0.15, 0.2) is 11.6 Å². The Hall–Kier alpha value is -1.73.